The molecule has 1 aromatic rings. The summed E-state index contributed by atoms with van der Waals surface area (Å²) >= 11 is 12.0. The number of rotatable bonds is 3. The molecule has 0 aliphatic heterocycles. The first-order chi connectivity index (χ1) is 9.49. The minimum atomic E-state index is -1.11. The van der Waals surface area contributed by atoms with Gasteiger partial charge < -0.3 is 10.4 Å². The molecule has 0 heterocycles. The quantitative estimate of drug-likeness (QED) is 0.878. The van der Waals surface area contributed by atoms with Crippen LogP contribution in [0.15, 0.2) is 12.1 Å². The van der Waals surface area contributed by atoms with Gasteiger partial charge in [-0.05, 0) is 25.0 Å². The Bertz CT molecular complexity index is 516. The minimum absolute atomic E-state index is 0.00401. The monoisotopic (exact) mass is 315 g/mol. The fraction of sp³-hybridized carbons (Fsp3) is 0.429. The Morgan fingerprint density at radius 1 is 1.10 bits per heavy atom. The van der Waals surface area contributed by atoms with Crippen LogP contribution in [-0.2, 0) is 4.79 Å². The first-order valence-corrected chi connectivity index (χ1v) is 7.28. The van der Waals surface area contributed by atoms with Crippen LogP contribution in [0.2, 0.25) is 10.0 Å². The Hall–Kier alpha value is -1.26. The van der Waals surface area contributed by atoms with Crippen LogP contribution in [0.4, 0.5) is 5.69 Å². The van der Waals surface area contributed by atoms with E-state index in [9.17, 15) is 9.59 Å². The van der Waals surface area contributed by atoms with Gasteiger partial charge in [0.25, 0.3) is 0 Å². The molecule has 1 aliphatic carbocycles. The third-order valence-corrected chi connectivity index (χ3v) is 4.11. The Balaban J connectivity index is 2.16. The summed E-state index contributed by atoms with van der Waals surface area (Å²) < 4.78 is 0. The number of carbonyl (C=O) groups excluding carboxylic acids is 1. The van der Waals surface area contributed by atoms with Crippen molar-refractivity contribution < 1.29 is 14.7 Å². The molecule has 20 heavy (non-hydrogen) atoms. The second kappa shape index (κ2) is 6.46. The van der Waals surface area contributed by atoms with Crippen molar-refractivity contribution in [3.05, 3.63) is 27.7 Å². The summed E-state index contributed by atoms with van der Waals surface area (Å²) in [6, 6.07) is 2.57. The molecule has 108 valence electrons. The van der Waals surface area contributed by atoms with Gasteiger partial charge in [0.2, 0.25) is 5.91 Å². The zero-order chi connectivity index (χ0) is 14.7. The maximum Gasteiger partial charge on any atom is 0.335 e. The lowest BCUT2D eigenvalue weighted by Crippen LogP contribution is -2.25. The van der Waals surface area contributed by atoms with Crippen LogP contribution < -0.4 is 5.32 Å². The lowest BCUT2D eigenvalue weighted by molar-refractivity contribution is -0.120. The van der Waals surface area contributed by atoms with Crippen molar-refractivity contribution >= 4 is 40.8 Å². The van der Waals surface area contributed by atoms with Gasteiger partial charge in [-0.1, -0.05) is 42.5 Å². The van der Waals surface area contributed by atoms with Gasteiger partial charge in [0.1, 0.15) is 0 Å². The van der Waals surface area contributed by atoms with Gasteiger partial charge in [-0.25, -0.2) is 4.79 Å². The maximum atomic E-state index is 12.1. The summed E-state index contributed by atoms with van der Waals surface area (Å²) in [6.07, 6.45) is 5.01. The number of amides is 1. The number of hydrogen-bond acceptors (Lipinski definition) is 2. The Morgan fingerprint density at radius 3 is 2.15 bits per heavy atom. The fourth-order valence-corrected chi connectivity index (χ4v) is 2.99. The Kier molecular flexibility index (Phi) is 4.89. The minimum Gasteiger partial charge on any atom is -0.478 e. The van der Waals surface area contributed by atoms with E-state index in [1.54, 1.807) is 0 Å². The van der Waals surface area contributed by atoms with Crippen molar-refractivity contribution in [2.75, 3.05) is 5.32 Å². The average Bonchev–Trinajstić information content (AvgIpc) is 2.43. The van der Waals surface area contributed by atoms with Gasteiger partial charge in [0, 0.05) is 5.92 Å². The van der Waals surface area contributed by atoms with Crippen LogP contribution in [0.25, 0.3) is 0 Å². The van der Waals surface area contributed by atoms with E-state index in [2.05, 4.69) is 5.32 Å². The molecule has 2 rings (SSSR count). The van der Waals surface area contributed by atoms with Gasteiger partial charge in [-0.15, -0.1) is 0 Å². The number of carboxylic acids is 1. The number of carbonyl (C=O) groups is 2. The van der Waals surface area contributed by atoms with E-state index in [1.807, 2.05) is 0 Å². The van der Waals surface area contributed by atoms with Gasteiger partial charge >= 0.3 is 5.97 Å². The second-order valence-electron chi connectivity index (χ2n) is 4.94. The summed E-state index contributed by atoms with van der Waals surface area (Å²) in [7, 11) is 0. The zero-order valence-corrected chi connectivity index (χ0v) is 12.3. The predicted octanol–water partition coefficient (Wildman–Crippen LogP) is 4.21. The largest absolute Gasteiger partial charge is 0.478 e. The SMILES string of the molecule is O=C(O)c1cc(Cl)c(NC(=O)C2CCCCC2)c(Cl)c1. The van der Waals surface area contributed by atoms with Crippen molar-refractivity contribution in [2.45, 2.75) is 32.1 Å². The smallest absolute Gasteiger partial charge is 0.335 e. The highest BCUT2D eigenvalue weighted by Crippen LogP contribution is 2.33. The third kappa shape index (κ3) is 3.44. The standard InChI is InChI=1S/C14H15Cl2NO3/c15-10-6-9(14(19)20)7-11(16)12(10)17-13(18)8-4-2-1-3-5-8/h6-8H,1-5H2,(H,17,18)(H,19,20). The predicted molar refractivity (Wildman–Crippen MR) is 78.6 cm³/mol. The summed E-state index contributed by atoms with van der Waals surface area (Å²) in [5.74, 6) is -1.23. The van der Waals surface area contributed by atoms with Crippen molar-refractivity contribution in [1.29, 1.82) is 0 Å². The molecule has 1 aliphatic rings. The summed E-state index contributed by atoms with van der Waals surface area (Å²) in [4.78, 5) is 23.0. The molecule has 1 fully saturated rings. The highest BCUT2D eigenvalue weighted by molar-refractivity contribution is 6.40. The van der Waals surface area contributed by atoms with E-state index >= 15 is 0 Å². The third-order valence-electron chi connectivity index (χ3n) is 3.51. The number of anilines is 1. The summed E-state index contributed by atoms with van der Waals surface area (Å²) in [5.41, 5.74) is 0.282. The number of carboxylic acid groups (broad SMARTS) is 1. The van der Waals surface area contributed by atoms with E-state index in [-0.39, 0.29) is 33.1 Å². The Morgan fingerprint density at radius 2 is 1.65 bits per heavy atom. The molecular weight excluding hydrogens is 301 g/mol. The molecule has 1 saturated carbocycles. The highest BCUT2D eigenvalue weighted by atomic mass is 35.5. The molecule has 2 N–H and O–H groups in total. The number of nitrogens with one attached hydrogen (secondary N) is 1. The van der Waals surface area contributed by atoms with Crippen LogP contribution in [0.5, 0.6) is 0 Å². The van der Waals surface area contributed by atoms with Crippen LogP contribution in [-0.4, -0.2) is 17.0 Å². The maximum absolute atomic E-state index is 12.1. The van der Waals surface area contributed by atoms with Gasteiger partial charge in [-0.2, -0.15) is 0 Å². The van der Waals surface area contributed by atoms with Crippen LogP contribution in [0, 0.1) is 5.92 Å². The molecular formula is C14H15Cl2NO3. The number of halogens is 2. The number of hydrogen-bond donors (Lipinski definition) is 2. The molecule has 6 heteroatoms. The van der Waals surface area contributed by atoms with Crippen molar-refractivity contribution in [2.24, 2.45) is 5.92 Å². The normalized spacial score (nSPS) is 15.9. The van der Waals surface area contributed by atoms with Gasteiger partial charge in [0.15, 0.2) is 0 Å². The van der Waals surface area contributed by atoms with Crippen LogP contribution in [0.3, 0.4) is 0 Å². The first kappa shape index (κ1) is 15.1. The molecule has 0 spiro atoms. The van der Waals surface area contributed by atoms with E-state index < -0.39 is 5.97 Å². The van der Waals surface area contributed by atoms with Crippen molar-refractivity contribution in [1.82, 2.24) is 0 Å². The van der Waals surface area contributed by atoms with Crippen molar-refractivity contribution in [3.63, 3.8) is 0 Å². The van der Waals surface area contributed by atoms with Gasteiger partial charge in [0.05, 0.1) is 21.3 Å². The molecule has 4 nitrogen and oxygen atoms in total. The topological polar surface area (TPSA) is 66.4 Å². The molecule has 0 aromatic heterocycles. The van der Waals surface area contributed by atoms with E-state index in [1.165, 1.54) is 18.6 Å². The van der Waals surface area contributed by atoms with E-state index in [0.717, 1.165) is 25.7 Å². The van der Waals surface area contributed by atoms with Crippen molar-refractivity contribution in [3.8, 4) is 0 Å². The molecule has 0 saturated heterocycles. The van der Waals surface area contributed by atoms with E-state index in [4.69, 9.17) is 28.3 Å². The van der Waals surface area contributed by atoms with Crippen LogP contribution in [0.1, 0.15) is 42.5 Å². The average molecular weight is 316 g/mol. The van der Waals surface area contributed by atoms with Crippen LogP contribution >= 0.6 is 23.2 Å². The first-order valence-electron chi connectivity index (χ1n) is 6.52. The zero-order valence-electron chi connectivity index (χ0n) is 10.8. The van der Waals surface area contributed by atoms with E-state index in [0.29, 0.717) is 0 Å². The van der Waals surface area contributed by atoms with Gasteiger partial charge in [-0.3, -0.25) is 4.79 Å². The second-order valence-corrected chi connectivity index (χ2v) is 5.76. The number of aromatic carboxylic acids is 1. The number of benzene rings is 1. The fourth-order valence-electron chi connectivity index (χ4n) is 2.41. The molecule has 0 radical (unpaired) electrons. The Labute approximate surface area is 127 Å². The molecule has 1 amide bonds. The molecule has 0 bridgehead atoms. The molecule has 0 atom stereocenters. The summed E-state index contributed by atoms with van der Waals surface area (Å²) in [6.45, 7) is 0. The lowest BCUT2D eigenvalue weighted by Gasteiger charge is -2.21. The molecule has 1 aromatic carbocycles. The lowest BCUT2D eigenvalue weighted by atomic mass is 9.88. The highest BCUT2D eigenvalue weighted by Gasteiger charge is 2.23. The molecule has 0 unspecified atom stereocenters. The summed E-state index contributed by atoms with van der Waals surface area (Å²) in [5, 5.41) is 11.9.